The van der Waals surface area contributed by atoms with Gasteiger partial charge in [-0.3, -0.25) is 9.78 Å². The number of hydrogen-bond donors (Lipinski definition) is 2. The molecule has 0 saturated heterocycles. The molecular formula is C14H14FN3O. The number of rotatable bonds is 3. The van der Waals surface area contributed by atoms with Gasteiger partial charge in [-0.1, -0.05) is 6.07 Å². The maximum absolute atomic E-state index is 13.7. The molecule has 0 atom stereocenters. The lowest BCUT2D eigenvalue weighted by atomic mass is 10.2. The third-order valence-corrected chi connectivity index (χ3v) is 2.68. The summed E-state index contributed by atoms with van der Waals surface area (Å²) in [7, 11) is 0. The van der Waals surface area contributed by atoms with E-state index in [9.17, 15) is 9.18 Å². The highest BCUT2D eigenvalue weighted by Crippen LogP contribution is 2.16. The number of halogens is 1. The molecule has 0 spiro atoms. The van der Waals surface area contributed by atoms with Crippen LogP contribution in [-0.4, -0.2) is 10.9 Å². The fourth-order valence-corrected chi connectivity index (χ4v) is 1.67. The first-order valence-corrected chi connectivity index (χ1v) is 5.82. The van der Waals surface area contributed by atoms with Crippen LogP contribution >= 0.6 is 0 Å². The van der Waals surface area contributed by atoms with Crippen LogP contribution in [0.15, 0.2) is 36.5 Å². The predicted molar refractivity (Wildman–Crippen MR) is 71.2 cm³/mol. The fraction of sp³-hybridized carbons (Fsp3) is 0.143. The zero-order valence-corrected chi connectivity index (χ0v) is 10.5. The molecule has 0 aliphatic carbocycles. The highest BCUT2D eigenvalue weighted by atomic mass is 19.1. The number of aromatic nitrogens is 1. The Balaban J connectivity index is 2.19. The molecule has 4 nitrogen and oxygen atoms in total. The van der Waals surface area contributed by atoms with Gasteiger partial charge in [0.1, 0.15) is 5.82 Å². The fourth-order valence-electron chi connectivity index (χ4n) is 1.67. The van der Waals surface area contributed by atoms with Crippen molar-refractivity contribution < 1.29 is 9.18 Å². The van der Waals surface area contributed by atoms with Crippen LogP contribution in [0.2, 0.25) is 0 Å². The number of amides is 1. The maximum atomic E-state index is 13.7. The third-order valence-electron chi connectivity index (χ3n) is 2.68. The topological polar surface area (TPSA) is 68.0 Å². The maximum Gasteiger partial charge on any atom is 0.255 e. The second-order valence-corrected chi connectivity index (χ2v) is 4.16. The number of benzene rings is 1. The van der Waals surface area contributed by atoms with Crippen molar-refractivity contribution in [2.24, 2.45) is 5.73 Å². The molecule has 3 N–H and O–H groups in total. The van der Waals surface area contributed by atoms with Gasteiger partial charge in [0.25, 0.3) is 5.91 Å². The van der Waals surface area contributed by atoms with E-state index in [1.54, 1.807) is 25.1 Å². The summed E-state index contributed by atoms with van der Waals surface area (Å²) in [5.74, 6) is -0.869. The van der Waals surface area contributed by atoms with Crippen LogP contribution in [0.25, 0.3) is 0 Å². The summed E-state index contributed by atoms with van der Waals surface area (Å²) in [6.07, 6.45) is 1.54. The molecule has 2 rings (SSSR count). The minimum atomic E-state index is -0.498. The number of aryl methyl sites for hydroxylation is 1. The van der Waals surface area contributed by atoms with Gasteiger partial charge in [0.05, 0.1) is 5.69 Å². The number of hydrogen-bond acceptors (Lipinski definition) is 3. The quantitative estimate of drug-likeness (QED) is 0.888. The van der Waals surface area contributed by atoms with Crippen molar-refractivity contribution in [2.75, 3.05) is 5.32 Å². The number of carbonyl (C=O) groups excluding carboxylic acids is 1. The minimum Gasteiger partial charge on any atom is -0.326 e. The molecule has 0 bridgehead atoms. The van der Waals surface area contributed by atoms with Gasteiger partial charge in [-0.2, -0.15) is 0 Å². The zero-order valence-electron chi connectivity index (χ0n) is 10.5. The Kier molecular flexibility index (Phi) is 3.87. The smallest absolute Gasteiger partial charge is 0.255 e. The summed E-state index contributed by atoms with van der Waals surface area (Å²) >= 11 is 0. The molecule has 98 valence electrons. The van der Waals surface area contributed by atoms with E-state index < -0.39 is 5.82 Å². The SMILES string of the molecule is Cc1cc(C(=O)Nc2ccc(CN)cc2F)ccn1. The predicted octanol–water partition coefficient (Wildman–Crippen LogP) is 2.24. The van der Waals surface area contributed by atoms with E-state index in [1.165, 1.54) is 18.3 Å². The van der Waals surface area contributed by atoms with Gasteiger partial charge in [0.15, 0.2) is 0 Å². The molecule has 0 unspecified atom stereocenters. The van der Waals surface area contributed by atoms with Crippen molar-refractivity contribution in [2.45, 2.75) is 13.5 Å². The first kappa shape index (κ1) is 13.2. The number of nitrogens with zero attached hydrogens (tertiary/aromatic N) is 1. The zero-order chi connectivity index (χ0) is 13.8. The second kappa shape index (κ2) is 5.58. The van der Waals surface area contributed by atoms with Crippen molar-refractivity contribution in [3.8, 4) is 0 Å². The summed E-state index contributed by atoms with van der Waals surface area (Å²) in [4.78, 5) is 15.9. The Hall–Kier alpha value is -2.27. The average Bonchev–Trinajstić information content (AvgIpc) is 2.41. The average molecular weight is 259 g/mol. The Morgan fingerprint density at radius 1 is 1.37 bits per heavy atom. The summed E-state index contributed by atoms with van der Waals surface area (Å²) < 4.78 is 13.7. The van der Waals surface area contributed by atoms with Gasteiger partial charge >= 0.3 is 0 Å². The Bertz CT molecular complexity index is 613. The molecule has 5 heteroatoms. The van der Waals surface area contributed by atoms with E-state index in [4.69, 9.17) is 5.73 Å². The first-order chi connectivity index (χ1) is 9.10. The van der Waals surface area contributed by atoms with Crippen LogP contribution in [0.5, 0.6) is 0 Å². The molecule has 1 amide bonds. The first-order valence-electron chi connectivity index (χ1n) is 5.82. The number of anilines is 1. The van der Waals surface area contributed by atoms with Gasteiger partial charge in [-0.25, -0.2) is 4.39 Å². The van der Waals surface area contributed by atoms with E-state index >= 15 is 0 Å². The molecule has 0 saturated carbocycles. The second-order valence-electron chi connectivity index (χ2n) is 4.16. The summed E-state index contributed by atoms with van der Waals surface area (Å²) in [5, 5.41) is 2.52. The monoisotopic (exact) mass is 259 g/mol. The minimum absolute atomic E-state index is 0.136. The van der Waals surface area contributed by atoms with Crippen LogP contribution < -0.4 is 11.1 Å². The van der Waals surface area contributed by atoms with Gasteiger partial charge in [0.2, 0.25) is 0 Å². The van der Waals surface area contributed by atoms with Crippen LogP contribution in [0, 0.1) is 12.7 Å². The van der Waals surface area contributed by atoms with Gasteiger partial charge in [-0.05, 0) is 36.8 Å². The molecule has 19 heavy (non-hydrogen) atoms. The molecule has 0 aliphatic heterocycles. The standard InChI is InChI=1S/C14H14FN3O/c1-9-6-11(4-5-17-9)14(19)18-13-3-2-10(8-16)7-12(13)15/h2-7H,8,16H2,1H3,(H,18,19). The normalized spacial score (nSPS) is 10.3. The van der Waals surface area contributed by atoms with Gasteiger partial charge in [0, 0.05) is 24.0 Å². The van der Waals surface area contributed by atoms with Gasteiger partial charge < -0.3 is 11.1 Å². The molecule has 0 radical (unpaired) electrons. The van der Waals surface area contributed by atoms with Crippen molar-refractivity contribution in [3.63, 3.8) is 0 Å². The Morgan fingerprint density at radius 2 is 2.16 bits per heavy atom. The van der Waals surface area contributed by atoms with E-state index in [0.29, 0.717) is 11.1 Å². The summed E-state index contributed by atoms with van der Waals surface area (Å²) in [6, 6.07) is 7.71. The molecule has 1 aromatic heterocycles. The van der Waals surface area contributed by atoms with Crippen LogP contribution in [0.4, 0.5) is 10.1 Å². The van der Waals surface area contributed by atoms with Crippen molar-refractivity contribution in [3.05, 3.63) is 59.2 Å². The molecule has 2 aromatic rings. The molecule has 1 aromatic carbocycles. The number of carbonyl (C=O) groups is 1. The van der Waals surface area contributed by atoms with E-state index in [-0.39, 0.29) is 18.1 Å². The van der Waals surface area contributed by atoms with Gasteiger partial charge in [-0.15, -0.1) is 0 Å². The van der Waals surface area contributed by atoms with E-state index in [2.05, 4.69) is 10.3 Å². The lowest BCUT2D eigenvalue weighted by Crippen LogP contribution is -2.13. The Morgan fingerprint density at radius 3 is 2.79 bits per heavy atom. The molecular weight excluding hydrogens is 245 g/mol. The summed E-state index contributed by atoms with van der Waals surface area (Å²) in [5.41, 5.74) is 7.40. The highest BCUT2D eigenvalue weighted by Gasteiger charge is 2.10. The molecule has 1 heterocycles. The van der Waals surface area contributed by atoms with Crippen molar-refractivity contribution in [1.82, 2.24) is 4.98 Å². The van der Waals surface area contributed by atoms with Crippen molar-refractivity contribution >= 4 is 11.6 Å². The number of pyridine rings is 1. The molecule has 0 fully saturated rings. The summed E-state index contributed by atoms with van der Waals surface area (Å²) in [6.45, 7) is 2.04. The lowest BCUT2D eigenvalue weighted by Gasteiger charge is -2.08. The van der Waals surface area contributed by atoms with E-state index in [1.807, 2.05) is 0 Å². The van der Waals surface area contributed by atoms with Crippen LogP contribution in [0.1, 0.15) is 21.6 Å². The Labute approximate surface area is 110 Å². The number of nitrogens with two attached hydrogens (primary N) is 1. The van der Waals surface area contributed by atoms with E-state index in [0.717, 1.165) is 5.69 Å². The highest BCUT2D eigenvalue weighted by molar-refractivity contribution is 6.04. The third kappa shape index (κ3) is 3.14. The van der Waals surface area contributed by atoms with Crippen LogP contribution in [-0.2, 0) is 6.54 Å². The van der Waals surface area contributed by atoms with Crippen molar-refractivity contribution in [1.29, 1.82) is 0 Å². The lowest BCUT2D eigenvalue weighted by molar-refractivity contribution is 0.102. The van der Waals surface area contributed by atoms with Crippen LogP contribution in [0.3, 0.4) is 0 Å². The number of nitrogens with one attached hydrogen (secondary N) is 1. The molecule has 0 aliphatic rings. The largest absolute Gasteiger partial charge is 0.326 e.